The molecule has 2 heteroatoms. The van der Waals surface area contributed by atoms with E-state index in [2.05, 4.69) is 75.9 Å². The van der Waals surface area contributed by atoms with Gasteiger partial charge < -0.3 is 4.74 Å². The van der Waals surface area contributed by atoms with Crippen LogP contribution in [0.2, 0.25) is 0 Å². The van der Waals surface area contributed by atoms with Crippen molar-refractivity contribution in [1.29, 1.82) is 0 Å². The molecule has 0 saturated carbocycles. The summed E-state index contributed by atoms with van der Waals surface area (Å²) in [5, 5.41) is 2.63. The molecule has 2 rings (SSSR count). The van der Waals surface area contributed by atoms with Crippen molar-refractivity contribution in [3.8, 4) is 0 Å². The highest BCUT2D eigenvalue weighted by Crippen LogP contribution is 2.21. The molecule has 0 aliphatic heterocycles. The lowest BCUT2D eigenvalue weighted by Crippen LogP contribution is -2.25. The Morgan fingerprint density at radius 1 is 0.808 bits per heavy atom. The zero-order valence-electron chi connectivity index (χ0n) is 17.5. The first-order valence-corrected chi connectivity index (χ1v) is 10.3. The maximum Gasteiger partial charge on any atom is 0.0724 e. The number of fused-ring (bicyclic) bond motifs is 1. The van der Waals surface area contributed by atoms with Gasteiger partial charge in [0.2, 0.25) is 0 Å². The summed E-state index contributed by atoms with van der Waals surface area (Å²) in [6.07, 6.45) is 5.10. The van der Waals surface area contributed by atoms with Crippen LogP contribution in [0.3, 0.4) is 0 Å². The summed E-state index contributed by atoms with van der Waals surface area (Å²) in [5.41, 5.74) is 2.57. The van der Waals surface area contributed by atoms with Crippen LogP contribution in [-0.2, 0) is 17.9 Å². The van der Waals surface area contributed by atoms with Crippen LogP contribution in [0.4, 0.5) is 0 Å². The number of rotatable bonds is 10. The van der Waals surface area contributed by atoms with Gasteiger partial charge in [-0.1, -0.05) is 51.0 Å². The number of nitrogens with zero attached hydrogens (tertiary/aromatic N) is 1. The Labute approximate surface area is 160 Å². The van der Waals surface area contributed by atoms with Crippen LogP contribution in [0, 0.1) is 0 Å². The van der Waals surface area contributed by atoms with Crippen LogP contribution in [0.1, 0.15) is 71.4 Å². The van der Waals surface area contributed by atoms with Crippen LogP contribution in [0.25, 0.3) is 10.8 Å². The molecule has 0 aromatic heterocycles. The molecule has 2 aromatic rings. The lowest BCUT2D eigenvalue weighted by molar-refractivity contribution is -0.0149. The average molecular weight is 356 g/mol. The second-order valence-corrected chi connectivity index (χ2v) is 8.40. The summed E-state index contributed by atoms with van der Waals surface area (Å²) >= 11 is 0. The maximum absolute atomic E-state index is 5.91. The lowest BCUT2D eigenvalue weighted by atomic mass is 10.0. The normalized spacial score (nSPS) is 12.2. The van der Waals surface area contributed by atoms with Gasteiger partial charge in [0.25, 0.3) is 0 Å². The summed E-state index contributed by atoms with van der Waals surface area (Å²) < 4.78 is 5.91. The Morgan fingerprint density at radius 2 is 1.35 bits per heavy atom. The highest BCUT2D eigenvalue weighted by Gasteiger charge is 2.10. The van der Waals surface area contributed by atoms with Crippen LogP contribution in [0.5, 0.6) is 0 Å². The summed E-state index contributed by atoms with van der Waals surface area (Å²) in [6.45, 7) is 15.0. The standard InChI is InChI=1S/C24H37NO/c1-6-8-14-25(15-9-7-2)18-20-10-12-23-17-21(11-13-22(23)16-20)19-26-24(3,4)5/h10-13,16-17H,6-9,14-15,18-19H2,1-5H3. The van der Waals surface area contributed by atoms with Crippen molar-refractivity contribution in [2.24, 2.45) is 0 Å². The van der Waals surface area contributed by atoms with E-state index in [0.29, 0.717) is 6.61 Å². The van der Waals surface area contributed by atoms with Gasteiger partial charge in [0.1, 0.15) is 0 Å². The van der Waals surface area contributed by atoms with E-state index >= 15 is 0 Å². The molecule has 0 aliphatic rings. The van der Waals surface area contributed by atoms with Gasteiger partial charge in [0.15, 0.2) is 0 Å². The molecule has 0 aliphatic carbocycles. The lowest BCUT2D eigenvalue weighted by Gasteiger charge is -2.22. The van der Waals surface area contributed by atoms with Crippen LogP contribution < -0.4 is 0 Å². The number of benzene rings is 2. The third-order valence-electron chi connectivity index (χ3n) is 4.70. The van der Waals surface area contributed by atoms with Gasteiger partial charge >= 0.3 is 0 Å². The first kappa shape index (κ1) is 20.9. The number of hydrogen-bond acceptors (Lipinski definition) is 2. The van der Waals surface area contributed by atoms with Crippen LogP contribution in [0.15, 0.2) is 36.4 Å². The Bertz CT molecular complexity index is 663. The van der Waals surface area contributed by atoms with Gasteiger partial charge in [-0.2, -0.15) is 0 Å². The van der Waals surface area contributed by atoms with Crippen molar-refractivity contribution in [2.75, 3.05) is 13.1 Å². The van der Waals surface area contributed by atoms with Crippen molar-refractivity contribution in [3.63, 3.8) is 0 Å². The predicted molar refractivity (Wildman–Crippen MR) is 114 cm³/mol. The molecular weight excluding hydrogens is 318 g/mol. The van der Waals surface area contributed by atoms with Crippen LogP contribution in [-0.4, -0.2) is 23.6 Å². The third kappa shape index (κ3) is 7.09. The first-order chi connectivity index (χ1) is 12.4. The molecule has 0 saturated heterocycles. The highest BCUT2D eigenvalue weighted by atomic mass is 16.5. The Hall–Kier alpha value is -1.38. The summed E-state index contributed by atoms with van der Waals surface area (Å²) in [4.78, 5) is 2.61. The Morgan fingerprint density at radius 3 is 1.88 bits per heavy atom. The van der Waals surface area contributed by atoms with E-state index < -0.39 is 0 Å². The molecule has 0 N–H and O–H groups in total. The Kier molecular flexibility index (Phi) is 8.12. The van der Waals surface area contributed by atoms with Crippen molar-refractivity contribution in [3.05, 3.63) is 47.5 Å². The van der Waals surface area contributed by atoms with Gasteiger partial charge in [0, 0.05) is 6.54 Å². The Balaban J connectivity index is 2.07. The van der Waals surface area contributed by atoms with Crippen molar-refractivity contribution in [1.82, 2.24) is 4.90 Å². The van der Waals surface area contributed by atoms with Crippen molar-refractivity contribution >= 4 is 10.8 Å². The van der Waals surface area contributed by atoms with E-state index in [0.717, 1.165) is 6.54 Å². The topological polar surface area (TPSA) is 12.5 Å². The van der Waals surface area contributed by atoms with E-state index in [-0.39, 0.29) is 5.60 Å². The first-order valence-electron chi connectivity index (χ1n) is 10.3. The van der Waals surface area contributed by atoms with E-state index in [1.807, 2.05) is 0 Å². The minimum Gasteiger partial charge on any atom is -0.371 e. The quantitative estimate of drug-likeness (QED) is 0.478. The maximum atomic E-state index is 5.91. The minimum atomic E-state index is -0.0980. The zero-order chi connectivity index (χ0) is 19.0. The minimum absolute atomic E-state index is 0.0980. The van der Waals surface area contributed by atoms with E-state index in [9.17, 15) is 0 Å². The molecule has 0 unspecified atom stereocenters. The van der Waals surface area contributed by atoms with E-state index in [1.165, 1.54) is 60.7 Å². The number of unbranched alkanes of at least 4 members (excludes halogenated alkanes) is 2. The van der Waals surface area contributed by atoms with Gasteiger partial charge in [-0.05, 0) is 80.7 Å². The molecule has 0 fully saturated rings. The van der Waals surface area contributed by atoms with E-state index in [4.69, 9.17) is 4.74 Å². The molecule has 2 aromatic carbocycles. The van der Waals surface area contributed by atoms with Crippen LogP contribution >= 0.6 is 0 Å². The molecule has 2 nitrogen and oxygen atoms in total. The van der Waals surface area contributed by atoms with Gasteiger partial charge in [-0.15, -0.1) is 0 Å². The molecule has 26 heavy (non-hydrogen) atoms. The van der Waals surface area contributed by atoms with Crippen molar-refractivity contribution in [2.45, 2.75) is 79.1 Å². The zero-order valence-corrected chi connectivity index (χ0v) is 17.5. The molecule has 0 atom stereocenters. The summed E-state index contributed by atoms with van der Waals surface area (Å²) in [7, 11) is 0. The third-order valence-corrected chi connectivity index (χ3v) is 4.70. The fourth-order valence-corrected chi connectivity index (χ4v) is 3.12. The average Bonchev–Trinajstić information content (AvgIpc) is 2.61. The molecular formula is C24H37NO. The van der Waals surface area contributed by atoms with E-state index in [1.54, 1.807) is 0 Å². The van der Waals surface area contributed by atoms with Gasteiger partial charge in [0.05, 0.1) is 12.2 Å². The molecule has 0 radical (unpaired) electrons. The van der Waals surface area contributed by atoms with Gasteiger partial charge in [-0.25, -0.2) is 0 Å². The number of hydrogen-bond donors (Lipinski definition) is 0. The highest BCUT2D eigenvalue weighted by molar-refractivity contribution is 5.83. The molecule has 0 heterocycles. The summed E-state index contributed by atoms with van der Waals surface area (Å²) in [6, 6.07) is 13.6. The smallest absolute Gasteiger partial charge is 0.0724 e. The second kappa shape index (κ2) is 10.1. The van der Waals surface area contributed by atoms with Gasteiger partial charge in [-0.3, -0.25) is 4.90 Å². The predicted octanol–water partition coefficient (Wildman–Crippen LogP) is 6.56. The number of ether oxygens (including phenoxy) is 1. The largest absolute Gasteiger partial charge is 0.371 e. The SMILES string of the molecule is CCCCN(CCCC)Cc1ccc2cc(COC(C)(C)C)ccc2c1. The van der Waals surface area contributed by atoms with Crippen molar-refractivity contribution < 1.29 is 4.74 Å². The monoisotopic (exact) mass is 355 g/mol. The second-order valence-electron chi connectivity index (χ2n) is 8.40. The fourth-order valence-electron chi connectivity index (χ4n) is 3.12. The summed E-state index contributed by atoms with van der Waals surface area (Å²) in [5.74, 6) is 0. The molecule has 0 amide bonds. The molecule has 144 valence electrons. The molecule has 0 bridgehead atoms. The molecule has 0 spiro atoms. The fraction of sp³-hybridized carbons (Fsp3) is 0.583.